The summed E-state index contributed by atoms with van der Waals surface area (Å²) in [6, 6.07) is 7.45. The third-order valence-electron chi connectivity index (χ3n) is 5.11. The van der Waals surface area contributed by atoms with E-state index in [9.17, 15) is 0 Å². The lowest BCUT2D eigenvalue weighted by Gasteiger charge is -2.34. The predicted octanol–water partition coefficient (Wildman–Crippen LogP) is 2.78. The second kappa shape index (κ2) is 8.48. The van der Waals surface area contributed by atoms with E-state index in [1.165, 1.54) is 0 Å². The van der Waals surface area contributed by atoms with E-state index in [1.807, 2.05) is 31.2 Å². The first-order chi connectivity index (χ1) is 14.2. The summed E-state index contributed by atoms with van der Waals surface area (Å²) in [5, 5.41) is 0. The Balaban J connectivity index is 1.44. The fourth-order valence-corrected chi connectivity index (χ4v) is 3.44. The normalized spacial score (nSPS) is 14.8. The molecule has 3 heterocycles. The second-order valence-corrected chi connectivity index (χ2v) is 6.90. The Morgan fingerprint density at radius 3 is 2.48 bits per heavy atom. The Morgan fingerprint density at radius 1 is 1.03 bits per heavy atom. The molecule has 1 saturated heterocycles. The van der Waals surface area contributed by atoms with Crippen molar-refractivity contribution < 1.29 is 13.9 Å². The highest BCUT2D eigenvalue weighted by atomic mass is 16.5. The van der Waals surface area contributed by atoms with Crippen molar-refractivity contribution in [3.8, 4) is 23.0 Å². The van der Waals surface area contributed by atoms with Crippen molar-refractivity contribution in [2.24, 2.45) is 0 Å². The van der Waals surface area contributed by atoms with Crippen molar-refractivity contribution in [1.29, 1.82) is 0 Å². The molecule has 29 heavy (non-hydrogen) atoms. The summed E-state index contributed by atoms with van der Waals surface area (Å²) in [7, 11) is 3.26. The highest BCUT2D eigenvalue weighted by Crippen LogP contribution is 2.34. The molecule has 8 heteroatoms. The van der Waals surface area contributed by atoms with Crippen molar-refractivity contribution in [3.05, 3.63) is 48.1 Å². The van der Waals surface area contributed by atoms with Crippen molar-refractivity contribution in [3.63, 3.8) is 0 Å². The summed E-state index contributed by atoms with van der Waals surface area (Å²) in [6.45, 7) is 6.32. The molecule has 0 aliphatic carbocycles. The number of anilines is 1. The van der Waals surface area contributed by atoms with Crippen LogP contribution in [-0.4, -0.2) is 60.3 Å². The zero-order chi connectivity index (χ0) is 20.2. The molecule has 1 aromatic carbocycles. The lowest BCUT2D eigenvalue weighted by molar-refractivity contribution is 0.245. The monoisotopic (exact) mass is 395 g/mol. The Labute approximate surface area is 170 Å². The summed E-state index contributed by atoms with van der Waals surface area (Å²) in [5.74, 6) is 3.58. The van der Waals surface area contributed by atoms with E-state index < -0.39 is 0 Å². The zero-order valence-electron chi connectivity index (χ0n) is 17.0. The van der Waals surface area contributed by atoms with Gasteiger partial charge in [-0.3, -0.25) is 4.90 Å². The smallest absolute Gasteiger partial charge is 0.230 e. The molecular weight excluding hydrogens is 370 g/mol. The molecule has 0 N–H and O–H groups in total. The molecule has 3 aromatic rings. The maximum Gasteiger partial charge on any atom is 0.230 e. The van der Waals surface area contributed by atoms with E-state index >= 15 is 0 Å². The number of nitrogens with zero attached hydrogens (tertiary/aromatic N) is 5. The first kappa shape index (κ1) is 19.2. The zero-order valence-corrected chi connectivity index (χ0v) is 17.0. The Hall–Kier alpha value is -3.13. The molecule has 2 aromatic heterocycles. The number of aromatic nitrogens is 3. The van der Waals surface area contributed by atoms with E-state index in [0.29, 0.717) is 11.6 Å². The number of oxazole rings is 1. The van der Waals surface area contributed by atoms with Crippen LogP contribution in [0.2, 0.25) is 0 Å². The van der Waals surface area contributed by atoms with Crippen LogP contribution in [0.4, 0.5) is 5.95 Å². The van der Waals surface area contributed by atoms with E-state index in [0.717, 1.165) is 61.4 Å². The third-order valence-corrected chi connectivity index (χ3v) is 5.11. The maximum absolute atomic E-state index is 5.96. The standard InChI is InChI=1S/C21H25N5O3/c1-15-18(14-25-9-11-26(12-10-25)21-22-7-4-8-23-21)24-20(29-15)17-6-5-16(27-2)13-19(17)28-3/h4-8,13H,9-12,14H2,1-3H3. The highest BCUT2D eigenvalue weighted by molar-refractivity contribution is 5.65. The lowest BCUT2D eigenvalue weighted by Crippen LogP contribution is -2.46. The molecule has 0 amide bonds. The summed E-state index contributed by atoms with van der Waals surface area (Å²) in [4.78, 5) is 18.0. The molecule has 4 rings (SSSR count). The predicted molar refractivity (Wildman–Crippen MR) is 109 cm³/mol. The highest BCUT2D eigenvalue weighted by Gasteiger charge is 2.22. The Bertz CT molecular complexity index is 952. The van der Waals surface area contributed by atoms with E-state index in [1.54, 1.807) is 26.6 Å². The van der Waals surface area contributed by atoms with Crippen LogP contribution < -0.4 is 14.4 Å². The van der Waals surface area contributed by atoms with Crippen molar-refractivity contribution in [2.75, 3.05) is 45.3 Å². The van der Waals surface area contributed by atoms with Gasteiger partial charge >= 0.3 is 0 Å². The van der Waals surface area contributed by atoms with Gasteiger partial charge in [-0.1, -0.05) is 0 Å². The first-order valence-corrected chi connectivity index (χ1v) is 9.61. The van der Waals surface area contributed by atoms with Gasteiger partial charge in [-0.15, -0.1) is 0 Å². The molecule has 1 fully saturated rings. The van der Waals surface area contributed by atoms with Gasteiger partial charge in [0.1, 0.15) is 17.3 Å². The van der Waals surface area contributed by atoms with Crippen LogP contribution in [0, 0.1) is 6.92 Å². The number of hydrogen-bond acceptors (Lipinski definition) is 8. The molecule has 0 unspecified atom stereocenters. The van der Waals surface area contributed by atoms with E-state index in [2.05, 4.69) is 19.8 Å². The summed E-state index contributed by atoms with van der Waals surface area (Å²) in [5.41, 5.74) is 1.76. The summed E-state index contributed by atoms with van der Waals surface area (Å²) < 4.78 is 16.7. The minimum atomic E-state index is 0.563. The van der Waals surface area contributed by atoms with E-state index in [4.69, 9.17) is 18.9 Å². The molecule has 1 aliphatic heterocycles. The molecular formula is C21H25N5O3. The van der Waals surface area contributed by atoms with Crippen molar-refractivity contribution in [1.82, 2.24) is 19.9 Å². The van der Waals surface area contributed by atoms with Gasteiger partial charge in [0.05, 0.1) is 25.5 Å². The number of ether oxygens (including phenoxy) is 2. The van der Waals surface area contributed by atoms with Crippen LogP contribution in [0.5, 0.6) is 11.5 Å². The van der Waals surface area contributed by atoms with Gasteiger partial charge in [0.2, 0.25) is 11.8 Å². The SMILES string of the molecule is COc1ccc(-c2nc(CN3CCN(c4ncccn4)CC3)c(C)o2)c(OC)c1. The number of piperazine rings is 1. The molecule has 0 spiro atoms. The van der Waals surface area contributed by atoms with Gasteiger partial charge in [-0.2, -0.15) is 0 Å². The lowest BCUT2D eigenvalue weighted by atomic mass is 10.2. The summed E-state index contributed by atoms with van der Waals surface area (Å²) in [6.07, 6.45) is 3.56. The molecule has 152 valence electrons. The molecule has 0 saturated carbocycles. The number of benzene rings is 1. The van der Waals surface area contributed by atoms with Crippen LogP contribution in [0.15, 0.2) is 41.1 Å². The largest absolute Gasteiger partial charge is 0.497 e. The van der Waals surface area contributed by atoms with Gasteiger partial charge in [0.25, 0.3) is 0 Å². The molecule has 0 bridgehead atoms. The molecule has 0 atom stereocenters. The average molecular weight is 395 g/mol. The van der Waals surface area contributed by atoms with Crippen molar-refractivity contribution in [2.45, 2.75) is 13.5 Å². The molecule has 1 aliphatic rings. The third kappa shape index (κ3) is 4.17. The Morgan fingerprint density at radius 2 is 1.79 bits per heavy atom. The van der Waals surface area contributed by atoms with Gasteiger partial charge in [0, 0.05) is 51.2 Å². The number of methoxy groups -OCH3 is 2. The number of aryl methyl sites for hydroxylation is 1. The number of rotatable bonds is 6. The average Bonchev–Trinajstić information content (AvgIpc) is 3.14. The van der Waals surface area contributed by atoms with Crippen LogP contribution in [0.25, 0.3) is 11.5 Å². The van der Waals surface area contributed by atoms with Gasteiger partial charge < -0.3 is 18.8 Å². The fourth-order valence-electron chi connectivity index (χ4n) is 3.44. The van der Waals surface area contributed by atoms with E-state index in [-0.39, 0.29) is 0 Å². The molecule has 8 nitrogen and oxygen atoms in total. The minimum Gasteiger partial charge on any atom is -0.497 e. The fraction of sp³-hybridized carbons (Fsp3) is 0.381. The second-order valence-electron chi connectivity index (χ2n) is 6.90. The van der Waals surface area contributed by atoms with Crippen LogP contribution in [0.1, 0.15) is 11.5 Å². The van der Waals surface area contributed by atoms with Gasteiger partial charge in [-0.25, -0.2) is 15.0 Å². The minimum absolute atomic E-state index is 0.563. The topological polar surface area (TPSA) is 76.8 Å². The quantitative estimate of drug-likeness (QED) is 0.631. The number of hydrogen-bond donors (Lipinski definition) is 0. The van der Waals surface area contributed by atoms with Gasteiger partial charge in [0.15, 0.2) is 0 Å². The molecule has 0 radical (unpaired) electrons. The van der Waals surface area contributed by atoms with Crippen LogP contribution in [-0.2, 0) is 6.54 Å². The summed E-state index contributed by atoms with van der Waals surface area (Å²) >= 11 is 0. The Kier molecular flexibility index (Phi) is 5.62. The van der Waals surface area contributed by atoms with Gasteiger partial charge in [-0.05, 0) is 25.1 Å². The van der Waals surface area contributed by atoms with Crippen LogP contribution in [0.3, 0.4) is 0 Å². The van der Waals surface area contributed by atoms with Crippen LogP contribution >= 0.6 is 0 Å². The van der Waals surface area contributed by atoms with Crippen molar-refractivity contribution >= 4 is 5.95 Å². The maximum atomic E-state index is 5.96. The first-order valence-electron chi connectivity index (χ1n) is 9.61.